The standard InChI is InChI=1S/C11H15BrN3O3P/c1-3-17-19(16,18-4-2)15-11-13-9-7-5-6-8(12)10(9)14-11/h5-7H,3-4H2,1-2H3,(H2,13,14,15,16). The van der Waals surface area contributed by atoms with E-state index in [0.29, 0.717) is 5.62 Å². The van der Waals surface area contributed by atoms with E-state index in [1.165, 1.54) is 0 Å². The van der Waals surface area contributed by atoms with Crippen LogP contribution in [0.2, 0.25) is 0 Å². The summed E-state index contributed by atoms with van der Waals surface area (Å²) in [6.07, 6.45) is 0. The van der Waals surface area contributed by atoms with E-state index < -0.39 is 7.75 Å². The zero-order chi connectivity index (χ0) is 13.9. The molecule has 0 radical (unpaired) electrons. The Labute approximate surface area is 119 Å². The van der Waals surface area contributed by atoms with Gasteiger partial charge in [0.1, 0.15) is 0 Å². The van der Waals surface area contributed by atoms with E-state index in [2.05, 4.69) is 30.7 Å². The lowest BCUT2D eigenvalue weighted by molar-refractivity contribution is 0.220. The molecule has 0 aliphatic carbocycles. The summed E-state index contributed by atoms with van der Waals surface area (Å²) in [7, 11) is -3.46. The molecule has 0 bridgehead atoms. The summed E-state index contributed by atoms with van der Waals surface area (Å²) in [5.74, 6) is 0. The molecule has 104 valence electrons. The Kier molecular flexibility index (Phi) is 4.62. The first-order chi connectivity index (χ1) is 9.08. The molecule has 0 aliphatic heterocycles. The minimum Gasteiger partial charge on any atom is -0.324 e. The van der Waals surface area contributed by atoms with Gasteiger partial charge in [0.25, 0.3) is 0 Å². The van der Waals surface area contributed by atoms with Gasteiger partial charge in [0, 0.05) is 4.47 Å². The van der Waals surface area contributed by atoms with Crippen molar-refractivity contribution < 1.29 is 13.6 Å². The second-order valence-electron chi connectivity index (χ2n) is 3.67. The average Bonchev–Trinajstić information content (AvgIpc) is 2.73. The van der Waals surface area contributed by atoms with Gasteiger partial charge in [-0.2, -0.15) is 0 Å². The van der Waals surface area contributed by atoms with Gasteiger partial charge >= 0.3 is 7.75 Å². The lowest BCUT2D eigenvalue weighted by Gasteiger charge is -2.09. The second-order valence-corrected chi connectivity index (χ2v) is 6.17. The molecule has 0 spiro atoms. The summed E-state index contributed by atoms with van der Waals surface area (Å²) >= 11 is 3.43. The predicted molar refractivity (Wildman–Crippen MR) is 76.8 cm³/mol. The van der Waals surface area contributed by atoms with Gasteiger partial charge in [-0.1, -0.05) is 6.07 Å². The van der Waals surface area contributed by atoms with Gasteiger partial charge in [0.05, 0.1) is 24.2 Å². The molecule has 0 amide bonds. The van der Waals surface area contributed by atoms with E-state index >= 15 is 0 Å². The number of halogens is 1. The third-order valence-corrected chi connectivity index (χ3v) is 4.59. The van der Waals surface area contributed by atoms with Crippen LogP contribution < -0.4 is 5.62 Å². The smallest absolute Gasteiger partial charge is 0.324 e. The van der Waals surface area contributed by atoms with E-state index in [1.807, 2.05) is 18.2 Å². The molecule has 2 rings (SSSR count). The van der Waals surface area contributed by atoms with E-state index in [4.69, 9.17) is 9.05 Å². The normalized spacial score (nSPS) is 13.3. The fraction of sp³-hybridized carbons (Fsp3) is 0.364. The number of hydrogen-bond donors (Lipinski definition) is 2. The fourth-order valence-electron chi connectivity index (χ4n) is 1.63. The Morgan fingerprint density at radius 1 is 1.26 bits per heavy atom. The first-order valence-electron chi connectivity index (χ1n) is 5.90. The molecule has 0 saturated carbocycles. The summed E-state index contributed by atoms with van der Waals surface area (Å²) in [4.78, 5) is 6.06. The molecular weight excluding hydrogens is 333 g/mol. The molecule has 1 heterocycles. The number of nitrogens with zero attached hydrogens (tertiary/aromatic N) is 1. The molecule has 6 nitrogen and oxygen atoms in total. The topological polar surface area (TPSA) is 79.5 Å². The van der Waals surface area contributed by atoms with Crippen molar-refractivity contribution >= 4 is 34.7 Å². The summed E-state index contributed by atoms with van der Waals surface area (Å²) in [5.41, 5.74) is 2.06. The SMILES string of the molecule is CCOP(=O)(/N=c1/[nH]c2cccc(Br)c2[nH]1)OCC. The summed E-state index contributed by atoms with van der Waals surface area (Å²) < 4.78 is 27.4. The molecule has 0 atom stereocenters. The predicted octanol–water partition coefficient (Wildman–Crippen LogP) is 3.34. The maximum absolute atomic E-state index is 12.3. The monoisotopic (exact) mass is 347 g/mol. The Bertz CT molecular complexity index is 669. The lowest BCUT2D eigenvalue weighted by Crippen LogP contribution is -2.07. The summed E-state index contributed by atoms with van der Waals surface area (Å²) in [5, 5.41) is 0. The number of H-pyrrole nitrogens is 2. The van der Waals surface area contributed by atoms with Gasteiger partial charge in [-0.05, 0) is 41.9 Å². The number of aromatic amines is 2. The van der Waals surface area contributed by atoms with Crippen molar-refractivity contribution in [2.75, 3.05) is 13.2 Å². The first-order valence-corrected chi connectivity index (χ1v) is 8.18. The van der Waals surface area contributed by atoms with Gasteiger partial charge in [-0.25, -0.2) is 4.57 Å². The molecule has 1 aromatic heterocycles. The van der Waals surface area contributed by atoms with Gasteiger partial charge in [-0.15, -0.1) is 4.76 Å². The van der Waals surface area contributed by atoms with Crippen LogP contribution in [0.15, 0.2) is 27.4 Å². The molecular formula is C11H15BrN3O3P. The zero-order valence-corrected chi connectivity index (χ0v) is 13.1. The highest BCUT2D eigenvalue weighted by Crippen LogP contribution is 2.48. The van der Waals surface area contributed by atoms with Crippen molar-refractivity contribution in [3.63, 3.8) is 0 Å². The van der Waals surface area contributed by atoms with E-state index in [0.717, 1.165) is 15.5 Å². The average molecular weight is 348 g/mol. The molecule has 1 aromatic carbocycles. The maximum Gasteiger partial charge on any atom is 0.457 e. The highest BCUT2D eigenvalue weighted by Gasteiger charge is 2.22. The largest absolute Gasteiger partial charge is 0.457 e. The molecule has 0 aliphatic rings. The molecule has 0 fully saturated rings. The minimum atomic E-state index is -3.46. The number of para-hydroxylation sites is 1. The Hall–Kier alpha value is -0.880. The number of imidazole rings is 1. The molecule has 2 aromatic rings. The minimum absolute atomic E-state index is 0.269. The van der Waals surface area contributed by atoms with E-state index in [1.54, 1.807) is 13.8 Å². The molecule has 8 heteroatoms. The number of hydrogen-bond acceptors (Lipinski definition) is 3. The molecule has 0 saturated heterocycles. The van der Waals surface area contributed by atoms with Crippen LogP contribution in [0.4, 0.5) is 0 Å². The lowest BCUT2D eigenvalue weighted by atomic mass is 10.3. The Morgan fingerprint density at radius 2 is 1.95 bits per heavy atom. The van der Waals surface area contributed by atoms with E-state index in [-0.39, 0.29) is 13.2 Å². The third-order valence-electron chi connectivity index (χ3n) is 2.32. The molecule has 0 unspecified atom stereocenters. The van der Waals surface area contributed by atoms with Crippen LogP contribution in [0.1, 0.15) is 13.8 Å². The Morgan fingerprint density at radius 3 is 2.53 bits per heavy atom. The van der Waals surface area contributed by atoms with Crippen LogP contribution in [0.3, 0.4) is 0 Å². The van der Waals surface area contributed by atoms with Gasteiger partial charge < -0.3 is 9.97 Å². The maximum atomic E-state index is 12.3. The third kappa shape index (κ3) is 3.36. The van der Waals surface area contributed by atoms with Crippen molar-refractivity contribution in [1.82, 2.24) is 9.97 Å². The summed E-state index contributed by atoms with van der Waals surface area (Å²) in [6, 6.07) is 5.69. The zero-order valence-electron chi connectivity index (χ0n) is 10.6. The fourth-order valence-corrected chi connectivity index (χ4v) is 3.28. The van der Waals surface area contributed by atoms with Gasteiger partial charge in [0.15, 0.2) is 0 Å². The van der Waals surface area contributed by atoms with Gasteiger partial charge in [-0.3, -0.25) is 9.05 Å². The highest BCUT2D eigenvalue weighted by molar-refractivity contribution is 9.10. The van der Waals surface area contributed by atoms with E-state index in [9.17, 15) is 4.57 Å². The van der Waals surface area contributed by atoms with Crippen molar-refractivity contribution in [3.8, 4) is 0 Å². The highest BCUT2D eigenvalue weighted by atomic mass is 79.9. The Balaban J connectivity index is 2.50. The number of fused-ring (bicyclic) bond motifs is 1. The van der Waals surface area contributed by atoms with Crippen LogP contribution in [0.25, 0.3) is 11.0 Å². The van der Waals surface area contributed by atoms with Crippen LogP contribution in [-0.4, -0.2) is 23.2 Å². The summed E-state index contributed by atoms with van der Waals surface area (Å²) in [6.45, 7) is 4.02. The van der Waals surface area contributed by atoms with Gasteiger partial charge in [0.2, 0.25) is 5.62 Å². The van der Waals surface area contributed by atoms with Crippen molar-refractivity contribution in [2.45, 2.75) is 13.8 Å². The van der Waals surface area contributed by atoms with Crippen LogP contribution >= 0.6 is 23.7 Å². The number of benzene rings is 1. The van der Waals surface area contributed by atoms with Crippen molar-refractivity contribution in [3.05, 3.63) is 28.3 Å². The quantitative estimate of drug-likeness (QED) is 0.814. The number of rotatable bonds is 5. The van der Waals surface area contributed by atoms with Crippen LogP contribution in [-0.2, 0) is 13.6 Å². The first kappa shape index (κ1) is 14.5. The second kappa shape index (κ2) is 6.05. The van der Waals surface area contributed by atoms with Crippen molar-refractivity contribution in [1.29, 1.82) is 0 Å². The number of nitrogens with one attached hydrogen (secondary N) is 2. The molecule has 19 heavy (non-hydrogen) atoms. The van der Waals surface area contributed by atoms with Crippen LogP contribution in [0.5, 0.6) is 0 Å². The van der Waals surface area contributed by atoms with Crippen molar-refractivity contribution in [2.24, 2.45) is 4.76 Å². The number of aromatic nitrogens is 2. The van der Waals surface area contributed by atoms with Crippen LogP contribution in [0, 0.1) is 0 Å². The molecule has 2 N–H and O–H groups in total.